The number of carbonyl (C=O) groups excluding carboxylic acids is 1. The molecule has 1 aliphatic heterocycles. The smallest absolute Gasteiger partial charge is 0.264 e. The van der Waals surface area contributed by atoms with Crippen molar-refractivity contribution in [3.8, 4) is 0 Å². The number of fused-ring (bicyclic) bond motifs is 1. The summed E-state index contributed by atoms with van der Waals surface area (Å²) >= 11 is 1.54. The number of carbonyl (C=O) groups is 1. The van der Waals surface area contributed by atoms with E-state index in [2.05, 4.69) is 10.1 Å². The van der Waals surface area contributed by atoms with Crippen molar-refractivity contribution in [1.29, 1.82) is 0 Å². The third-order valence-corrected chi connectivity index (χ3v) is 5.18. The van der Waals surface area contributed by atoms with Gasteiger partial charge in [0, 0.05) is 11.2 Å². The lowest BCUT2D eigenvalue weighted by Gasteiger charge is -2.33. The van der Waals surface area contributed by atoms with Gasteiger partial charge in [-0.05, 0) is 36.8 Å². The van der Waals surface area contributed by atoms with E-state index in [-0.39, 0.29) is 11.9 Å². The highest BCUT2D eigenvalue weighted by Crippen LogP contribution is 2.33. The van der Waals surface area contributed by atoms with Gasteiger partial charge in [0.05, 0.1) is 10.9 Å². The first-order valence-electron chi connectivity index (χ1n) is 7.39. The van der Waals surface area contributed by atoms with Gasteiger partial charge in [-0.3, -0.25) is 4.79 Å². The third kappa shape index (κ3) is 2.29. The Morgan fingerprint density at radius 2 is 2.23 bits per heavy atom. The van der Waals surface area contributed by atoms with Crippen LogP contribution < -0.4 is 0 Å². The van der Waals surface area contributed by atoms with Gasteiger partial charge in [0.2, 0.25) is 6.39 Å². The van der Waals surface area contributed by atoms with Crippen LogP contribution in [0.4, 0.5) is 0 Å². The first-order chi connectivity index (χ1) is 10.8. The second-order valence-corrected chi connectivity index (χ2v) is 6.53. The molecule has 1 amide bonds. The van der Waals surface area contributed by atoms with E-state index in [9.17, 15) is 4.79 Å². The molecular weight excluding hydrogens is 298 g/mol. The zero-order valence-corrected chi connectivity index (χ0v) is 12.8. The number of aromatic nitrogens is 2. The molecule has 6 heteroatoms. The summed E-state index contributed by atoms with van der Waals surface area (Å²) in [5.74, 6) is 0.671. The van der Waals surface area contributed by atoms with E-state index in [0.29, 0.717) is 5.82 Å². The number of nitrogens with zero attached hydrogens (tertiary/aromatic N) is 3. The van der Waals surface area contributed by atoms with Gasteiger partial charge in [0.15, 0.2) is 5.82 Å². The number of hydrogen-bond acceptors (Lipinski definition) is 5. The highest BCUT2D eigenvalue weighted by molar-refractivity contribution is 7.20. The van der Waals surface area contributed by atoms with Crippen molar-refractivity contribution in [2.24, 2.45) is 0 Å². The molecule has 1 saturated heterocycles. The minimum Gasteiger partial charge on any atom is -0.343 e. The minimum atomic E-state index is -0.0785. The van der Waals surface area contributed by atoms with Gasteiger partial charge >= 0.3 is 0 Å². The van der Waals surface area contributed by atoms with E-state index in [1.54, 1.807) is 11.3 Å². The van der Waals surface area contributed by atoms with Gasteiger partial charge in [-0.2, -0.15) is 4.98 Å². The molecule has 5 nitrogen and oxygen atoms in total. The van der Waals surface area contributed by atoms with Gasteiger partial charge in [-0.1, -0.05) is 23.4 Å². The Morgan fingerprint density at radius 1 is 1.32 bits per heavy atom. The topological polar surface area (TPSA) is 59.2 Å². The molecule has 3 aromatic rings. The molecule has 2 aromatic heterocycles. The van der Waals surface area contributed by atoms with Crippen LogP contribution in [0.1, 0.15) is 40.8 Å². The Hall–Kier alpha value is -2.21. The summed E-state index contributed by atoms with van der Waals surface area (Å²) in [6.07, 6.45) is 4.31. The zero-order chi connectivity index (χ0) is 14.9. The molecule has 0 spiro atoms. The number of thiophene rings is 1. The Labute approximate surface area is 131 Å². The summed E-state index contributed by atoms with van der Waals surface area (Å²) in [7, 11) is 0. The van der Waals surface area contributed by atoms with Crippen molar-refractivity contribution in [2.45, 2.75) is 25.3 Å². The van der Waals surface area contributed by atoms with Crippen molar-refractivity contribution in [3.05, 3.63) is 47.4 Å². The SMILES string of the molecule is O=C(c1cc2ccccc2s1)N1CCCC[C@H]1c1ncon1. The summed E-state index contributed by atoms with van der Waals surface area (Å²) in [4.78, 5) is 19.7. The lowest BCUT2D eigenvalue weighted by molar-refractivity contribution is 0.0602. The van der Waals surface area contributed by atoms with Crippen LogP contribution in [-0.4, -0.2) is 27.5 Å². The highest BCUT2D eigenvalue weighted by Gasteiger charge is 2.32. The van der Waals surface area contributed by atoms with Crippen LogP contribution in [0.15, 0.2) is 41.2 Å². The largest absolute Gasteiger partial charge is 0.343 e. The molecule has 112 valence electrons. The van der Waals surface area contributed by atoms with Crippen molar-refractivity contribution < 1.29 is 9.32 Å². The molecule has 0 bridgehead atoms. The van der Waals surface area contributed by atoms with Gasteiger partial charge in [0.1, 0.15) is 0 Å². The fourth-order valence-electron chi connectivity index (χ4n) is 3.00. The van der Waals surface area contributed by atoms with E-state index in [1.165, 1.54) is 6.39 Å². The summed E-state index contributed by atoms with van der Waals surface area (Å²) in [5.41, 5.74) is 0. The van der Waals surface area contributed by atoms with Crippen LogP contribution in [0.2, 0.25) is 0 Å². The third-order valence-electron chi connectivity index (χ3n) is 4.08. The number of piperidine rings is 1. The van der Waals surface area contributed by atoms with Crippen molar-refractivity contribution in [1.82, 2.24) is 15.0 Å². The standard InChI is InChI=1S/C16H15N3O2S/c20-16(14-9-11-5-1-2-7-13(11)22-14)19-8-4-3-6-12(19)15-17-10-21-18-15/h1-2,5,7,9-10,12H,3-4,6,8H2/t12-/m0/s1. The summed E-state index contributed by atoms with van der Waals surface area (Å²) in [5, 5.41) is 5.05. The molecule has 0 unspecified atom stereocenters. The maximum Gasteiger partial charge on any atom is 0.264 e. The fraction of sp³-hybridized carbons (Fsp3) is 0.312. The second-order valence-electron chi connectivity index (χ2n) is 5.45. The van der Waals surface area contributed by atoms with Crippen LogP contribution in [0.3, 0.4) is 0 Å². The fourth-order valence-corrected chi connectivity index (χ4v) is 4.02. The van der Waals surface area contributed by atoms with Crippen LogP contribution in [0, 0.1) is 0 Å². The normalized spacial score (nSPS) is 18.7. The first-order valence-corrected chi connectivity index (χ1v) is 8.20. The second kappa shape index (κ2) is 5.53. The lowest BCUT2D eigenvalue weighted by Crippen LogP contribution is -2.38. The number of amides is 1. The van der Waals surface area contributed by atoms with Crippen LogP contribution in [-0.2, 0) is 0 Å². The van der Waals surface area contributed by atoms with Crippen molar-refractivity contribution in [2.75, 3.05) is 6.54 Å². The molecule has 22 heavy (non-hydrogen) atoms. The van der Waals surface area contributed by atoms with Gasteiger partial charge in [-0.15, -0.1) is 11.3 Å². The molecule has 1 aliphatic rings. The van der Waals surface area contributed by atoms with E-state index in [1.807, 2.05) is 35.2 Å². The Balaban J connectivity index is 1.67. The van der Waals surface area contributed by atoms with Crippen molar-refractivity contribution in [3.63, 3.8) is 0 Å². The average molecular weight is 313 g/mol. The van der Waals surface area contributed by atoms with Crippen LogP contribution >= 0.6 is 11.3 Å². The molecule has 0 saturated carbocycles. The number of rotatable bonds is 2. The minimum absolute atomic E-state index is 0.0655. The van der Waals surface area contributed by atoms with E-state index >= 15 is 0 Å². The quantitative estimate of drug-likeness (QED) is 0.724. The first kappa shape index (κ1) is 13.5. The molecule has 0 radical (unpaired) electrons. The summed E-state index contributed by atoms with van der Waals surface area (Å²) in [6.45, 7) is 0.742. The van der Waals surface area contributed by atoms with Crippen LogP contribution in [0.5, 0.6) is 0 Å². The monoisotopic (exact) mass is 313 g/mol. The molecule has 0 aliphatic carbocycles. The molecule has 1 atom stereocenters. The molecule has 1 aromatic carbocycles. The van der Waals surface area contributed by atoms with E-state index in [4.69, 9.17) is 4.52 Å². The molecule has 1 fully saturated rings. The van der Waals surface area contributed by atoms with Crippen LogP contribution in [0.25, 0.3) is 10.1 Å². The van der Waals surface area contributed by atoms with Gasteiger partial charge in [-0.25, -0.2) is 0 Å². The van der Waals surface area contributed by atoms with Crippen molar-refractivity contribution >= 4 is 27.3 Å². The Morgan fingerprint density at radius 3 is 3.05 bits per heavy atom. The maximum atomic E-state index is 12.9. The Kier molecular flexibility index (Phi) is 3.38. The molecule has 3 heterocycles. The number of hydrogen-bond donors (Lipinski definition) is 0. The van der Waals surface area contributed by atoms with Gasteiger partial charge in [0.25, 0.3) is 5.91 Å². The average Bonchev–Trinajstić information content (AvgIpc) is 3.23. The summed E-state index contributed by atoms with van der Waals surface area (Å²) < 4.78 is 5.99. The molecular formula is C16H15N3O2S. The maximum absolute atomic E-state index is 12.9. The van der Waals surface area contributed by atoms with E-state index < -0.39 is 0 Å². The lowest BCUT2D eigenvalue weighted by atomic mass is 10.0. The Bertz CT molecular complexity index is 764. The van der Waals surface area contributed by atoms with E-state index in [0.717, 1.165) is 40.8 Å². The zero-order valence-electron chi connectivity index (χ0n) is 11.9. The number of likely N-dealkylation sites (tertiary alicyclic amines) is 1. The predicted molar refractivity (Wildman–Crippen MR) is 83.8 cm³/mol. The highest BCUT2D eigenvalue weighted by atomic mass is 32.1. The molecule has 0 N–H and O–H groups in total. The van der Waals surface area contributed by atoms with Gasteiger partial charge < -0.3 is 9.42 Å². The molecule has 4 rings (SSSR count). The summed E-state index contributed by atoms with van der Waals surface area (Å²) in [6, 6.07) is 9.97. The number of benzene rings is 1. The predicted octanol–water partition coefficient (Wildman–Crippen LogP) is 3.65.